The summed E-state index contributed by atoms with van der Waals surface area (Å²) in [6, 6.07) is 9.74. The minimum Gasteiger partial charge on any atom is -0.349 e. The lowest BCUT2D eigenvalue weighted by molar-refractivity contribution is 0.0955. The number of anilines is 1. The third-order valence-electron chi connectivity index (χ3n) is 4.35. The largest absolute Gasteiger partial charge is 0.349 e. The van der Waals surface area contributed by atoms with Crippen LogP contribution in [0.2, 0.25) is 0 Å². The Labute approximate surface area is 145 Å². The second kappa shape index (κ2) is 5.60. The Bertz CT molecular complexity index is 914. The van der Waals surface area contributed by atoms with E-state index in [0.717, 1.165) is 28.8 Å². The molecule has 7 heteroatoms. The lowest BCUT2D eigenvalue weighted by atomic mass is 10.1. The summed E-state index contributed by atoms with van der Waals surface area (Å²) in [5.74, 6) is -0.0203. The molecule has 1 aromatic heterocycles. The number of hydrogen-bond donors (Lipinski definition) is 1. The Hall–Kier alpha value is -1.86. The van der Waals surface area contributed by atoms with E-state index in [1.165, 1.54) is 21.9 Å². The number of fused-ring (bicyclic) bond motifs is 3. The number of carbonyl (C=O) groups excluding carboxylic acids is 1. The quantitative estimate of drug-likeness (QED) is 0.913. The highest BCUT2D eigenvalue weighted by molar-refractivity contribution is 7.92. The smallest absolute Gasteiger partial charge is 0.261 e. The molecule has 1 fully saturated rings. The molecule has 2 heterocycles. The molecule has 0 radical (unpaired) electrons. The van der Waals surface area contributed by atoms with E-state index in [-0.39, 0.29) is 5.91 Å². The van der Waals surface area contributed by atoms with E-state index in [0.29, 0.717) is 29.6 Å². The fourth-order valence-electron chi connectivity index (χ4n) is 3.01. The highest BCUT2D eigenvalue weighted by Crippen LogP contribution is 2.42. The standard InChI is InChI=1S/C17H18N2O3S2/c1-24(21,22)19-9-8-11-10-15(17(20)18-12-6-7-12)23-16(11)13-4-2-3-5-14(13)19/h2-5,10,12H,6-9H2,1H3,(H,18,20). The zero-order valence-corrected chi connectivity index (χ0v) is 14.9. The Morgan fingerprint density at radius 2 is 2.04 bits per heavy atom. The normalized spacial score (nSPS) is 17.0. The summed E-state index contributed by atoms with van der Waals surface area (Å²) in [6.07, 6.45) is 3.95. The van der Waals surface area contributed by atoms with Crippen molar-refractivity contribution in [3.63, 3.8) is 0 Å². The van der Waals surface area contributed by atoms with Crippen molar-refractivity contribution < 1.29 is 13.2 Å². The number of hydrogen-bond acceptors (Lipinski definition) is 4. The monoisotopic (exact) mass is 362 g/mol. The molecule has 1 aromatic carbocycles. The number of nitrogens with zero attached hydrogens (tertiary/aromatic N) is 1. The van der Waals surface area contributed by atoms with Crippen LogP contribution >= 0.6 is 11.3 Å². The van der Waals surface area contributed by atoms with Crippen LogP contribution in [-0.4, -0.2) is 33.2 Å². The number of rotatable bonds is 3. The second-order valence-corrected chi connectivity index (χ2v) is 9.27. The molecule has 0 atom stereocenters. The molecule has 24 heavy (non-hydrogen) atoms. The number of sulfonamides is 1. The van der Waals surface area contributed by atoms with Crippen molar-refractivity contribution in [2.75, 3.05) is 17.1 Å². The van der Waals surface area contributed by atoms with Crippen LogP contribution in [0.1, 0.15) is 28.1 Å². The van der Waals surface area contributed by atoms with Gasteiger partial charge in [0, 0.05) is 23.0 Å². The molecule has 1 aliphatic carbocycles. The first-order valence-corrected chi connectivity index (χ1v) is 10.6. The zero-order chi connectivity index (χ0) is 16.9. The molecular weight excluding hydrogens is 344 g/mol. The minimum absolute atomic E-state index is 0.0203. The number of thiophene rings is 1. The van der Waals surface area contributed by atoms with E-state index < -0.39 is 10.0 Å². The van der Waals surface area contributed by atoms with Crippen LogP contribution in [0.5, 0.6) is 0 Å². The van der Waals surface area contributed by atoms with Crippen LogP contribution in [0.3, 0.4) is 0 Å². The van der Waals surface area contributed by atoms with Crippen molar-refractivity contribution in [2.24, 2.45) is 0 Å². The van der Waals surface area contributed by atoms with E-state index >= 15 is 0 Å². The first-order chi connectivity index (χ1) is 11.4. The van der Waals surface area contributed by atoms with Gasteiger partial charge in [-0.15, -0.1) is 11.3 Å². The molecule has 1 saturated carbocycles. The first kappa shape index (κ1) is 15.7. The van der Waals surface area contributed by atoms with Crippen molar-refractivity contribution >= 4 is 33.0 Å². The van der Waals surface area contributed by atoms with E-state index in [1.54, 1.807) is 0 Å². The molecule has 1 aliphatic heterocycles. The van der Waals surface area contributed by atoms with Gasteiger partial charge in [0.1, 0.15) is 0 Å². The van der Waals surface area contributed by atoms with Crippen LogP contribution < -0.4 is 9.62 Å². The Morgan fingerprint density at radius 1 is 1.29 bits per heavy atom. The van der Waals surface area contributed by atoms with Gasteiger partial charge < -0.3 is 5.32 Å². The molecule has 0 spiro atoms. The van der Waals surface area contributed by atoms with E-state index in [4.69, 9.17) is 0 Å². The molecule has 2 aliphatic rings. The van der Waals surface area contributed by atoms with Crippen LogP contribution in [0.15, 0.2) is 30.3 Å². The fraction of sp³-hybridized carbons (Fsp3) is 0.353. The summed E-state index contributed by atoms with van der Waals surface area (Å²) in [5, 5.41) is 3.02. The van der Waals surface area contributed by atoms with Gasteiger partial charge >= 0.3 is 0 Å². The average Bonchev–Trinajstić information content (AvgIpc) is 3.26. The van der Waals surface area contributed by atoms with Gasteiger partial charge in [0.05, 0.1) is 16.8 Å². The minimum atomic E-state index is -3.33. The maximum absolute atomic E-state index is 12.3. The van der Waals surface area contributed by atoms with Crippen molar-refractivity contribution in [1.29, 1.82) is 0 Å². The van der Waals surface area contributed by atoms with Crippen molar-refractivity contribution in [3.05, 3.63) is 40.8 Å². The number of amides is 1. The van der Waals surface area contributed by atoms with Gasteiger partial charge in [-0.25, -0.2) is 8.42 Å². The predicted molar refractivity (Wildman–Crippen MR) is 96.1 cm³/mol. The van der Waals surface area contributed by atoms with Crippen molar-refractivity contribution in [3.8, 4) is 10.4 Å². The third-order valence-corrected chi connectivity index (χ3v) is 6.74. The van der Waals surface area contributed by atoms with E-state index in [1.807, 2.05) is 30.3 Å². The fourth-order valence-corrected chi connectivity index (χ4v) is 5.10. The van der Waals surface area contributed by atoms with Crippen LogP contribution in [0.4, 0.5) is 5.69 Å². The maximum atomic E-state index is 12.3. The Kier molecular flexibility index (Phi) is 3.65. The summed E-state index contributed by atoms with van der Waals surface area (Å²) in [5.41, 5.74) is 2.61. The second-order valence-electron chi connectivity index (χ2n) is 6.32. The summed E-state index contributed by atoms with van der Waals surface area (Å²) in [7, 11) is -3.33. The van der Waals surface area contributed by atoms with Gasteiger partial charge in [-0.3, -0.25) is 9.10 Å². The molecule has 4 rings (SSSR count). The molecular formula is C17H18N2O3S2. The highest BCUT2D eigenvalue weighted by Gasteiger charge is 2.29. The number of carbonyl (C=O) groups is 1. The number of benzene rings is 1. The van der Waals surface area contributed by atoms with E-state index in [9.17, 15) is 13.2 Å². The molecule has 2 aromatic rings. The van der Waals surface area contributed by atoms with Gasteiger partial charge in [-0.05, 0) is 37.0 Å². The van der Waals surface area contributed by atoms with Gasteiger partial charge in [-0.2, -0.15) is 0 Å². The summed E-state index contributed by atoms with van der Waals surface area (Å²) in [4.78, 5) is 14.0. The molecule has 0 bridgehead atoms. The molecule has 126 valence electrons. The lowest BCUT2D eigenvalue weighted by Gasteiger charge is -2.22. The lowest BCUT2D eigenvalue weighted by Crippen LogP contribution is -2.31. The van der Waals surface area contributed by atoms with Crippen molar-refractivity contribution in [2.45, 2.75) is 25.3 Å². The van der Waals surface area contributed by atoms with Crippen molar-refractivity contribution in [1.82, 2.24) is 5.32 Å². The SMILES string of the molecule is CS(=O)(=O)N1CCc2cc(C(=O)NC3CC3)sc2-c2ccccc21. The van der Waals surface area contributed by atoms with Gasteiger partial charge in [0.15, 0.2) is 0 Å². The first-order valence-electron chi connectivity index (χ1n) is 7.94. The van der Waals surface area contributed by atoms with Crippen LogP contribution in [0, 0.1) is 0 Å². The zero-order valence-electron chi connectivity index (χ0n) is 13.3. The summed E-state index contributed by atoms with van der Waals surface area (Å²) < 4.78 is 25.7. The van der Waals surface area contributed by atoms with Gasteiger partial charge in [0.2, 0.25) is 10.0 Å². The molecule has 5 nitrogen and oxygen atoms in total. The Morgan fingerprint density at radius 3 is 2.75 bits per heavy atom. The predicted octanol–water partition coefficient (Wildman–Crippen LogP) is 2.63. The number of nitrogens with one attached hydrogen (secondary N) is 1. The topological polar surface area (TPSA) is 66.5 Å². The van der Waals surface area contributed by atoms with E-state index in [2.05, 4.69) is 5.32 Å². The Balaban J connectivity index is 1.78. The maximum Gasteiger partial charge on any atom is 0.261 e. The average molecular weight is 362 g/mol. The molecule has 1 amide bonds. The summed E-state index contributed by atoms with van der Waals surface area (Å²) in [6.45, 7) is 0.392. The van der Waals surface area contributed by atoms with Crippen LogP contribution in [0.25, 0.3) is 10.4 Å². The molecule has 1 N–H and O–H groups in total. The van der Waals surface area contributed by atoms with Gasteiger partial charge in [-0.1, -0.05) is 18.2 Å². The third kappa shape index (κ3) is 2.82. The molecule has 0 saturated heterocycles. The number of para-hydroxylation sites is 1. The summed E-state index contributed by atoms with van der Waals surface area (Å²) >= 11 is 1.45. The molecule has 0 unspecified atom stereocenters. The van der Waals surface area contributed by atoms with Crippen LogP contribution in [-0.2, 0) is 16.4 Å². The highest BCUT2D eigenvalue weighted by atomic mass is 32.2. The van der Waals surface area contributed by atoms with Gasteiger partial charge in [0.25, 0.3) is 5.91 Å².